The fraction of sp³-hybridized carbons (Fsp3) is 0.320. The molecule has 3 rings (SSSR count). The maximum atomic E-state index is 14.5. The summed E-state index contributed by atoms with van der Waals surface area (Å²) in [6, 6.07) is 9.83. The Labute approximate surface area is 198 Å². The number of amides is 1. The third-order valence-electron chi connectivity index (χ3n) is 5.23. The molecule has 2 unspecified atom stereocenters. The number of benzene rings is 2. The molecule has 8 heteroatoms. The van der Waals surface area contributed by atoms with Crippen molar-refractivity contribution < 1.29 is 18.3 Å². The van der Waals surface area contributed by atoms with Crippen molar-refractivity contribution in [3.8, 4) is 5.75 Å². The number of nitrogens with one attached hydrogen (secondary N) is 2. The second-order valence-corrected chi connectivity index (χ2v) is 9.35. The summed E-state index contributed by atoms with van der Waals surface area (Å²) < 4.78 is 36.7. The van der Waals surface area contributed by atoms with Gasteiger partial charge in [-0.15, -0.1) is 0 Å². The van der Waals surface area contributed by atoms with Gasteiger partial charge in [0.2, 0.25) is 6.41 Å². The van der Waals surface area contributed by atoms with Crippen LogP contribution in [0.25, 0.3) is 0 Å². The van der Waals surface area contributed by atoms with E-state index in [1.165, 1.54) is 36.1 Å². The van der Waals surface area contributed by atoms with Crippen molar-refractivity contribution >= 4 is 24.0 Å². The third kappa shape index (κ3) is 6.28. The van der Waals surface area contributed by atoms with E-state index in [1.54, 1.807) is 31.3 Å². The first-order chi connectivity index (χ1) is 15.7. The molecule has 2 aromatic rings. The van der Waals surface area contributed by atoms with Gasteiger partial charge in [-0.25, -0.2) is 8.78 Å². The van der Waals surface area contributed by atoms with Crippen LogP contribution in [-0.2, 0) is 4.79 Å². The van der Waals surface area contributed by atoms with E-state index in [-0.39, 0.29) is 28.4 Å². The van der Waals surface area contributed by atoms with Crippen LogP contribution in [0.3, 0.4) is 0 Å². The molecule has 33 heavy (non-hydrogen) atoms. The zero-order chi connectivity index (χ0) is 24.1. The lowest BCUT2D eigenvalue weighted by atomic mass is 10.1. The summed E-state index contributed by atoms with van der Waals surface area (Å²) in [4.78, 5) is 13.0. The third-order valence-corrected chi connectivity index (χ3v) is 6.39. The molecule has 2 atom stereocenters. The Morgan fingerprint density at radius 2 is 1.94 bits per heavy atom. The number of carbonyl (C=O) groups is 1. The molecule has 1 fully saturated rings. The quantitative estimate of drug-likeness (QED) is 0.263. The molecule has 0 aromatic heterocycles. The summed E-state index contributed by atoms with van der Waals surface area (Å²) in [6.45, 7) is 5.71. The molecule has 0 heterocycles. The van der Waals surface area contributed by atoms with Crippen molar-refractivity contribution in [1.82, 2.24) is 9.62 Å². The number of ether oxygens (including phenoxy) is 1. The number of halogens is 2. The highest BCUT2D eigenvalue weighted by Gasteiger charge is 2.40. The van der Waals surface area contributed by atoms with Crippen LogP contribution in [0.5, 0.6) is 5.75 Å². The molecule has 0 saturated heterocycles. The summed E-state index contributed by atoms with van der Waals surface area (Å²) in [5, 5.41) is 3.32. The Bertz CT molecular complexity index is 1080. The predicted octanol–water partition coefficient (Wildman–Crippen LogP) is 5.71. The summed E-state index contributed by atoms with van der Waals surface area (Å²) >= 11 is 1.52. The normalized spacial score (nSPS) is 17.5. The molecule has 1 aliphatic rings. The summed E-state index contributed by atoms with van der Waals surface area (Å²) in [5.74, 6) is 0.153. The molecule has 1 saturated carbocycles. The Hall–Kier alpha value is -3.00. The van der Waals surface area contributed by atoms with Crippen molar-refractivity contribution in [3.05, 3.63) is 82.3 Å². The highest BCUT2D eigenvalue weighted by molar-refractivity contribution is 7.98. The van der Waals surface area contributed by atoms with Crippen molar-refractivity contribution in [2.75, 3.05) is 19.5 Å². The number of hydrogen-bond donors (Lipinski definition) is 2. The van der Waals surface area contributed by atoms with Crippen LogP contribution >= 0.6 is 11.9 Å². The van der Waals surface area contributed by atoms with Gasteiger partial charge in [-0.05, 0) is 86.5 Å². The predicted molar refractivity (Wildman–Crippen MR) is 130 cm³/mol. The molecule has 1 amide bonds. The Morgan fingerprint density at radius 3 is 2.58 bits per heavy atom. The Kier molecular flexibility index (Phi) is 8.02. The lowest BCUT2D eigenvalue weighted by molar-refractivity contribution is -0.115. The van der Waals surface area contributed by atoms with Crippen LogP contribution in [0.15, 0.2) is 59.6 Å². The first-order valence-electron chi connectivity index (χ1n) is 10.6. The van der Waals surface area contributed by atoms with E-state index in [1.807, 2.05) is 26.8 Å². The molecule has 2 aromatic carbocycles. The maximum Gasteiger partial charge on any atom is 0.215 e. The first-order valence-corrected chi connectivity index (χ1v) is 11.5. The highest BCUT2D eigenvalue weighted by Crippen LogP contribution is 2.49. The molecule has 0 radical (unpaired) electrons. The number of hydrogen-bond acceptors (Lipinski definition) is 5. The van der Waals surface area contributed by atoms with Crippen LogP contribution in [0.2, 0.25) is 0 Å². The van der Waals surface area contributed by atoms with E-state index in [4.69, 9.17) is 4.74 Å². The molecule has 0 spiro atoms. The average molecular weight is 474 g/mol. The van der Waals surface area contributed by atoms with Crippen molar-refractivity contribution in [2.24, 2.45) is 0 Å². The van der Waals surface area contributed by atoms with Crippen LogP contribution in [0.1, 0.15) is 37.3 Å². The number of carbonyl (C=O) groups excluding carboxylic acids is 1. The zero-order valence-electron chi connectivity index (χ0n) is 19.4. The van der Waals surface area contributed by atoms with Gasteiger partial charge < -0.3 is 19.7 Å². The van der Waals surface area contributed by atoms with Gasteiger partial charge >= 0.3 is 0 Å². The molecule has 1 aliphatic carbocycles. The topological polar surface area (TPSA) is 53.6 Å². The lowest BCUT2D eigenvalue weighted by Crippen LogP contribution is -2.26. The number of rotatable bonds is 10. The van der Waals surface area contributed by atoms with Crippen LogP contribution in [-0.4, -0.2) is 30.7 Å². The van der Waals surface area contributed by atoms with Crippen LogP contribution < -0.4 is 14.8 Å². The van der Waals surface area contributed by atoms with Gasteiger partial charge in [0.15, 0.2) is 11.6 Å². The molecule has 176 valence electrons. The van der Waals surface area contributed by atoms with E-state index >= 15 is 0 Å². The van der Waals surface area contributed by atoms with Gasteiger partial charge in [0.1, 0.15) is 11.6 Å². The average Bonchev–Trinajstić information content (AvgIpc) is 3.55. The van der Waals surface area contributed by atoms with Crippen LogP contribution in [0.4, 0.5) is 14.5 Å². The summed E-state index contributed by atoms with van der Waals surface area (Å²) in [5.41, 5.74) is 3.76. The minimum absolute atomic E-state index is 0.237. The SMILES string of the molecule is COc1cc(C2CC2SN/C(C=C(C)C)=C(\Nc2ccc(C)cc2F)N(C)C=O)ccc1F. The van der Waals surface area contributed by atoms with Crippen molar-refractivity contribution in [2.45, 2.75) is 38.4 Å². The monoisotopic (exact) mass is 473 g/mol. The summed E-state index contributed by atoms with van der Waals surface area (Å²) in [6.07, 6.45) is 3.50. The van der Waals surface area contributed by atoms with Gasteiger partial charge in [-0.2, -0.15) is 0 Å². The van der Waals surface area contributed by atoms with E-state index in [0.717, 1.165) is 23.1 Å². The Balaban J connectivity index is 1.82. The van der Waals surface area contributed by atoms with Crippen molar-refractivity contribution in [1.29, 1.82) is 0 Å². The number of anilines is 1. The van der Waals surface area contributed by atoms with Gasteiger partial charge in [0, 0.05) is 12.3 Å². The number of nitrogens with zero attached hydrogens (tertiary/aromatic N) is 1. The molecule has 5 nitrogen and oxygen atoms in total. The van der Waals surface area contributed by atoms with Gasteiger partial charge in [0.25, 0.3) is 0 Å². The van der Waals surface area contributed by atoms with Gasteiger partial charge in [-0.3, -0.25) is 4.79 Å². The minimum atomic E-state index is -0.400. The summed E-state index contributed by atoms with van der Waals surface area (Å²) in [7, 11) is 3.06. The second kappa shape index (κ2) is 10.7. The minimum Gasteiger partial charge on any atom is -0.494 e. The number of allylic oxidation sites excluding steroid dienone is 2. The lowest BCUT2D eigenvalue weighted by Gasteiger charge is -2.22. The standard InChI is InChI=1S/C25H29F2N3O2S/c1-15(2)10-22(25(30(4)14-31)28-21-9-6-16(3)11-20(21)27)29-33-24-13-18(24)17-7-8-19(26)23(12-17)32-5/h6-12,14,18,24,28-29H,13H2,1-5H3/b25-22+. The second-order valence-electron chi connectivity index (χ2n) is 8.30. The maximum absolute atomic E-state index is 14.5. The molecule has 2 N–H and O–H groups in total. The number of aryl methyl sites for hydroxylation is 1. The van der Waals surface area contributed by atoms with Gasteiger partial charge in [0.05, 0.1) is 18.5 Å². The smallest absolute Gasteiger partial charge is 0.215 e. The van der Waals surface area contributed by atoms with E-state index in [2.05, 4.69) is 10.0 Å². The number of methoxy groups -OCH3 is 1. The molecule has 0 bridgehead atoms. The largest absolute Gasteiger partial charge is 0.494 e. The fourth-order valence-corrected chi connectivity index (χ4v) is 4.44. The highest BCUT2D eigenvalue weighted by atomic mass is 32.2. The van der Waals surface area contributed by atoms with Gasteiger partial charge in [-0.1, -0.05) is 17.7 Å². The molecular formula is C25H29F2N3O2S. The molecular weight excluding hydrogens is 444 g/mol. The fourth-order valence-electron chi connectivity index (χ4n) is 3.38. The van der Waals surface area contributed by atoms with E-state index in [9.17, 15) is 13.6 Å². The van der Waals surface area contributed by atoms with E-state index < -0.39 is 5.82 Å². The van der Waals surface area contributed by atoms with Crippen LogP contribution in [0, 0.1) is 18.6 Å². The zero-order valence-corrected chi connectivity index (χ0v) is 20.2. The molecule has 0 aliphatic heterocycles. The Morgan fingerprint density at radius 1 is 1.18 bits per heavy atom. The van der Waals surface area contributed by atoms with E-state index in [0.29, 0.717) is 17.9 Å². The first kappa shape index (κ1) is 24.6. The van der Waals surface area contributed by atoms with Crippen molar-refractivity contribution in [3.63, 3.8) is 0 Å².